The van der Waals surface area contributed by atoms with Crippen LogP contribution in [-0.4, -0.2) is 13.5 Å². The molecule has 2 aromatic rings. The summed E-state index contributed by atoms with van der Waals surface area (Å²) in [5, 5.41) is 9.80. The van der Waals surface area contributed by atoms with Crippen LogP contribution in [0.15, 0.2) is 41.3 Å². The van der Waals surface area contributed by atoms with E-state index in [1.807, 2.05) is 31.2 Å². The molecule has 0 unspecified atom stereocenters. The van der Waals surface area contributed by atoms with Crippen molar-refractivity contribution in [2.45, 2.75) is 18.4 Å². The summed E-state index contributed by atoms with van der Waals surface area (Å²) in [5.74, 6) is -0.516. The average Bonchev–Trinajstić information content (AvgIpc) is 2.42. The molecule has 2 aromatic carbocycles. The molecule has 0 aliphatic rings. The molecule has 2 N–H and O–H groups in total. The van der Waals surface area contributed by atoms with Crippen molar-refractivity contribution in [3.63, 3.8) is 0 Å². The highest BCUT2D eigenvalue weighted by Gasteiger charge is 2.21. The van der Waals surface area contributed by atoms with Gasteiger partial charge in [-0.05, 0) is 24.6 Å². The highest BCUT2D eigenvalue weighted by Crippen LogP contribution is 2.34. The van der Waals surface area contributed by atoms with E-state index in [1.54, 1.807) is 0 Å². The third kappa shape index (κ3) is 3.89. The molecule has 112 valence electrons. The molecule has 2 rings (SSSR count). The number of sulfonamides is 1. The second-order valence-electron chi connectivity index (χ2n) is 4.54. The van der Waals surface area contributed by atoms with Crippen molar-refractivity contribution in [2.75, 3.05) is 0 Å². The van der Waals surface area contributed by atoms with Gasteiger partial charge in [-0.1, -0.05) is 53.0 Å². The predicted molar refractivity (Wildman–Crippen MR) is 83.3 cm³/mol. The van der Waals surface area contributed by atoms with Crippen molar-refractivity contribution in [1.82, 2.24) is 4.72 Å². The Hall–Kier alpha value is -1.27. The summed E-state index contributed by atoms with van der Waals surface area (Å²) in [5.41, 5.74) is 1.89. The maximum Gasteiger partial charge on any atom is 0.244 e. The molecule has 0 saturated carbocycles. The Morgan fingerprint density at radius 1 is 1.14 bits per heavy atom. The molecule has 0 saturated heterocycles. The van der Waals surface area contributed by atoms with Gasteiger partial charge in [-0.15, -0.1) is 0 Å². The van der Waals surface area contributed by atoms with Crippen LogP contribution >= 0.6 is 23.2 Å². The molecule has 21 heavy (non-hydrogen) atoms. The van der Waals surface area contributed by atoms with Crippen molar-refractivity contribution in [3.8, 4) is 5.75 Å². The van der Waals surface area contributed by atoms with Crippen LogP contribution in [0.5, 0.6) is 5.75 Å². The monoisotopic (exact) mass is 345 g/mol. The van der Waals surface area contributed by atoms with E-state index >= 15 is 0 Å². The first-order chi connectivity index (χ1) is 9.79. The van der Waals surface area contributed by atoms with Crippen LogP contribution in [0.2, 0.25) is 10.0 Å². The highest BCUT2D eigenvalue weighted by atomic mass is 35.5. The Bertz CT molecular complexity index is 759. The van der Waals surface area contributed by atoms with E-state index in [-0.39, 0.29) is 21.5 Å². The smallest absolute Gasteiger partial charge is 0.244 e. The molecule has 0 fully saturated rings. The van der Waals surface area contributed by atoms with E-state index in [0.717, 1.165) is 17.2 Å². The lowest BCUT2D eigenvalue weighted by molar-refractivity contribution is 0.458. The lowest BCUT2D eigenvalue weighted by Crippen LogP contribution is -2.23. The number of benzene rings is 2. The Balaban J connectivity index is 2.25. The zero-order valence-electron chi connectivity index (χ0n) is 11.1. The first-order valence-electron chi connectivity index (χ1n) is 6.03. The highest BCUT2D eigenvalue weighted by molar-refractivity contribution is 7.89. The van der Waals surface area contributed by atoms with Crippen molar-refractivity contribution in [3.05, 3.63) is 57.6 Å². The van der Waals surface area contributed by atoms with Gasteiger partial charge in [0, 0.05) is 11.6 Å². The molecule has 4 nitrogen and oxygen atoms in total. The minimum absolute atomic E-state index is 0.103. The van der Waals surface area contributed by atoms with E-state index < -0.39 is 15.8 Å². The molecule has 0 aromatic heterocycles. The molecule has 7 heteroatoms. The third-order valence-corrected chi connectivity index (χ3v) is 4.79. The summed E-state index contributed by atoms with van der Waals surface area (Å²) in [6, 6.07) is 9.84. The van der Waals surface area contributed by atoms with Crippen LogP contribution in [0.25, 0.3) is 0 Å². The number of halogens is 2. The Labute approximate surface area is 133 Å². The molecular formula is C14H13Cl2NO3S. The molecule has 0 spiro atoms. The molecule has 0 bridgehead atoms. The number of aromatic hydroxyl groups is 1. The van der Waals surface area contributed by atoms with Gasteiger partial charge < -0.3 is 5.11 Å². The Kier molecular flexibility index (Phi) is 4.78. The molecule has 0 heterocycles. The number of hydrogen-bond acceptors (Lipinski definition) is 3. The average molecular weight is 346 g/mol. The number of rotatable bonds is 4. The standard InChI is InChI=1S/C14H13Cl2NO3S/c1-9-2-4-10(5-3-9)8-17-21(19,20)13-7-11(15)6-12(16)14(13)18/h2-7,17-18H,8H2,1H3. The van der Waals surface area contributed by atoms with E-state index in [0.29, 0.717) is 0 Å². The van der Waals surface area contributed by atoms with E-state index in [2.05, 4.69) is 4.72 Å². The van der Waals surface area contributed by atoms with Gasteiger partial charge in [0.1, 0.15) is 4.90 Å². The fourth-order valence-electron chi connectivity index (χ4n) is 1.71. The molecule has 0 amide bonds. The first kappa shape index (κ1) is 16.1. The maximum absolute atomic E-state index is 12.2. The summed E-state index contributed by atoms with van der Waals surface area (Å²) in [7, 11) is -3.91. The van der Waals surface area contributed by atoms with Gasteiger partial charge in [0.15, 0.2) is 5.75 Å². The van der Waals surface area contributed by atoms with Gasteiger partial charge >= 0.3 is 0 Å². The third-order valence-electron chi connectivity index (χ3n) is 2.87. The van der Waals surface area contributed by atoms with Crippen molar-refractivity contribution < 1.29 is 13.5 Å². The van der Waals surface area contributed by atoms with Gasteiger partial charge in [-0.3, -0.25) is 0 Å². The van der Waals surface area contributed by atoms with Crippen LogP contribution < -0.4 is 4.72 Å². The number of phenols is 1. The van der Waals surface area contributed by atoms with Gasteiger partial charge in [0.2, 0.25) is 10.0 Å². The fourth-order valence-corrected chi connectivity index (χ4v) is 3.48. The summed E-state index contributed by atoms with van der Waals surface area (Å²) < 4.78 is 26.8. The maximum atomic E-state index is 12.2. The molecule has 0 atom stereocenters. The quantitative estimate of drug-likeness (QED) is 0.891. The van der Waals surface area contributed by atoms with Crippen LogP contribution in [-0.2, 0) is 16.6 Å². The largest absolute Gasteiger partial charge is 0.505 e. The van der Waals surface area contributed by atoms with Crippen LogP contribution in [0.4, 0.5) is 0 Å². The summed E-state index contributed by atoms with van der Waals surface area (Å²) in [6.45, 7) is 2.05. The zero-order chi connectivity index (χ0) is 15.6. The van der Waals surface area contributed by atoms with Gasteiger partial charge in [-0.25, -0.2) is 13.1 Å². The predicted octanol–water partition coefficient (Wildman–Crippen LogP) is 3.49. The number of aryl methyl sites for hydroxylation is 1. The minimum Gasteiger partial charge on any atom is -0.505 e. The number of phenolic OH excluding ortho intramolecular Hbond substituents is 1. The fraction of sp³-hybridized carbons (Fsp3) is 0.143. The normalized spacial score (nSPS) is 11.6. The zero-order valence-corrected chi connectivity index (χ0v) is 13.4. The second-order valence-corrected chi connectivity index (χ2v) is 7.12. The molecule has 0 radical (unpaired) electrons. The van der Waals surface area contributed by atoms with Crippen molar-refractivity contribution in [2.24, 2.45) is 0 Å². The van der Waals surface area contributed by atoms with Gasteiger partial charge in [0.05, 0.1) is 5.02 Å². The number of hydrogen-bond donors (Lipinski definition) is 2. The molecule has 0 aliphatic carbocycles. The Morgan fingerprint density at radius 2 is 1.76 bits per heavy atom. The van der Waals surface area contributed by atoms with E-state index in [1.165, 1.54) is 6.07 Å². The van der Waals surface area contributed by atoms with Crippen LogP contribution in [0.3, 0.4) is 0 Å². The van der Waals surface area contributed by atoms with Crippen molar-refractivity contribution >= 4 is 33.2 Å². The van der Waals surface area contributed by atoms with Crippen LogP contribution in [0.1, 0.15) is 11.1 Å². The Morgan fingerprint density at radius 3 is 2.38 bits per heavy atom. The topological polar surface area (TPSA) is 66.4 Å². The van der Waals surface area contributed by atoms with Gasteiger partial charge in [-0.2, -0.15) is 0 Å². The first-order valence-corrected chi connectivity index (χ1v) is 8.27. The van der Waals surface area contributed by atoms with Gasteiger partial charge in [0.25, 0.3) is 0 Å². The van der Waals surface area contributed by atoms with Crippen LogP contribution in [0, 0.1) is 6.92 Å². The van der Waals surface area contributed by atoms with Crippen molar-refractivity contribution in [1.29, 1.82) is 0 Å². The summed E-state index contributed by atoms with van der Waals surface area (Å²) >= 11 is 11.5. The number of nitrogens with one attached hydrogen (secondary N) is 1. The van der Waals surface area contributed by atoms with E-state index in [9.17, 15) is 13.5 Å². The minimum atomic E-state index is -3.91. The lowest BCUT2D eigenvalue weighted by Gasteiger charge is -2.10. The summed E-state index contributed by atoms with van der Waals surface area (Å²) in [6.07, 6.45) is 0. The molecule has 0 aliphatic heterocycles. The lowest BCUT2D eigenvalue weighted by atomic mass is 10.2. The molecular weight excluding hydrogens is 333 g/mol. The van der Waals surface area contributed by atoms with E-state index in [4.69, 9.17) is 23.2 Å². The second kappa shape index (κ2) is 6.23. The SMILES string of the molecule is Cc1ccc(CNS(=O)(=O)c2cc(Cl)cc(Cl)c2O)cc1. The summed E-state index contributed by atoms with van der Waals surface area (Å²) in [4.78, 5) is -0.341.